The summed E-state index contributed by atoms with van der Waals surface area (Å²) in [6.07, 6.45) is 1.36. The third kappa shape index (κ3) is 3.31. The fourth-order valence-electron chi connectivity index (χ4n) is 2.54. The summed E-state index contributed by atoms with van der Waals surface area (Å²) < 4.78 is 1.29. The van der Waals surface area contributed by atoms with Gasteiger partial charge in [-0.2, -0.15) is 0 Å². The van der Waals surface area contributed by atoms with E-state index in [2.05, 4.69) is 10.3 Å². The van der Waals surface area contributed by atoms with Crippen LogP contribution in [0.5, 0.6) is 0 Å². The fourth-order valence-corrected chi connectivity index (χ4v) is 2.71. The minimum absolute atomic E-state index is 0.0995. The number of halogens is 1. The van der Waals surface area contributed by atoms with Gasteiger partial charge in [0.25, 0.3) is 5.56 Å². The summed E-state index contributed by atoms with van der Waals surface area (Å²) in [5.41, 5.74) is 3.08. The Morgan fingerprint density at radius 2 is 2.00 bits per heavy atom. The first-order chi connectivity index (χ1) is 11.4. The Morgan fingerprint density at radius 3 is 2.75 bits per heavy atom. The van der Waals surface area contributed by atoms with E-state index in [1.54, 1.807) is 18.2 Å². The van der Waals surface area contributed by atoms with E-state index >= 15 is 0 Å². The molecule has 0 radical (unpaired) electrons. The molecule has 2 aromatic carbocycles. The van der Waals surface area contributed by atoms with Gasteiger partial charge in [-0.05, 0) is 43.7 Å². The second-order valence-electron chi connectivity index (χ2n) is 5.71. The number of rotatable bonds is 3. The Hall–Kier alpha value is -2.66. The van der Waals surface area contributed by atoms with Gasteiger partial charge in [0.15, 0.2) is 0 Å². The van der Waals surface area contributed by atoms with Crippen molar-refractivity contribution in [3.63, 3.8) is 0 Å². The minimum atomic E-state index is -0.279. The molecule has 0 saturated heterocycles. The number of aromatic nitrogens is 2. The number of amides is 1. The normalized spacial score (nSPS) is 10.8. The van der Waals surface area contributed by atoms with Crippen molar-refractivity contribution in [3.05, 3.63) is 69.2 Å². The van der Waals surface area contributed by atoms with Crippen LogP contribution in [0.2, 0.25) is 5.02 Å². The van der Waals surface area contributed by atoms with E-state index in [0.29, 0.717) is 15.9 Å². The quantitative estimate of drug-likeness (QED) is 0.795. The van der Waals surface area contributed by atoms with E-state index in [4.69, 9.17) is 11.6 Å². The number of carbonyl (C=O) groups is 1. The highest BCUT2D eigenvalue weighted by molar-refractivity contribution is 6.31. The first kappa shape index (κ1) is 16.2. The lowest BCUT2D eigenvalue weighted by Gasteiger charge is -2.10. The van der Waals surface area contributed by atoms with Crippen molar-refractivity contribution in [2.75, 3.05) is 5.32 Å². The summed E-state index contributed by atoms with van der Waals surface area (Å²) in [6.45, 7) is 3.82. The van der Waals surface area contributed by atoms with Crippen LogP contribution >= 0.6 is 11.6 Å². The first-order valence-electron chi connectivity index (χ1n) is 7.46. The highest BCUT2D eigenvalue weighted by Crippen LogP contribution is 2.16. The molecule has 1 amide bonds. The fraction of sp³-hybridized carbons (Fsp3) is 0.167. The van der Waals surface area contributed by atoms with E-state index in [0.717, 1.165) is 16.8 Å². The molecule has 1 N–H and O–H groups in total. The zero-order chi connectivity index (χ0) is 17.3. The third-order valence-electron chi connectivity index (χ3n) is 3.76. The number of hydrogen-bond donors (Lipinski definition) is 1. The van der Waals surface area contributed by atoms with E-state index in [1.165, 1.54) is 10.9 Å². The number of nitrogens with zero attached hydrogens (tertiary/aromatic N) is 2. The highest BCUT2D eigenvalue weighted by Gasteiger charge is 2.10. The van der Waals surface area contributed by atoms with Crippen LogP contribution in [0.25, 0.3) is 10.9 Å². The Labute approximate surface area is 143 Å². The maximum Gasteiger partial charge on any atom is 0.261 e. The van der Waals surface area contributed by atoms with Crippen molar-refractivity contribution in [2.45, 2.75) is 20.4 Å². The molecule has 0 aliphatic carbocycles. The zero-order valence-corrected chi connectivity index (χ0v) is 14.1. The van der Waals surface area contributed by atoms with Crippen molar-refractivity contribution in [3.8, 4) is 0 Å². The molecule has 0 atom stereocenters. The summed E-state index contributed by atoms with van der Waals surface area (Å²) in [6, 6.07) is 10.6. The molecular weight excluding hydrogens is 326 g/mol. The molecule has 0 spiro atoms. The maximum absolute atomic E-state index is 12.4. The van der Waals surface area contributed by atoms with Gasteiger partial charge in [0.1, 0.15) is 6.54 Å². The van der Waals surface area contributed by atoms with Crippen LogP contribution in [0.4, 0.5) is 5.69 Å². The number of benzene rings is 2. The van der Waals surface area contributed by atoms with Gasteiger partial charge in [-0.25, -0.2) is 4.98 Å². The molecule has 0 aliphatic rings. The van der Waals surface area contributed by atoms with Gasteiger partial charge >= 0.3 is 0 Å². The number of carbonyl (C=O) groups excluding carboxylic acids is 1. The van der Waals surface area contributed by atoms with Gasteiger partial charge in [0.2, 0.25) is 5.91 Å². The highest BCUT2D eigenvalue weighted by atomic mass is 35.5. The van der Waals surface area contributed by atoms with E-state index in [1.807, 2.05) is 32.0 Å². The third-order valence-corrected chi connectivity index (χ3v) is 3.99. The van der Waals surface area contributed by atoms with E-state index in [-0.39, 0.29) is 18.0 Å². The first-order valence-corrected chi connectivity index (χ1v) is 7.83. The van der Waals surface area contributed by atoms with Crippen LogP contribution in [0.1, 0.15) is 11.1 Å². The van der Waals surface area contributed by atoms with Crippen LogP contribution in [0.3, 0.4) is 0 Å². The maximum atomic E-state index is 12.4. The SMILES string of the molecule is Cc1ccc(NC(=O)Cn2cnc3cc(Cl)ccc3c2=O)c(C)c1. The van der Waals surface area contributed by atoms with Crippen molar-refractivity contribution in [2.24, 2.45) is 0 Å². The summed E-state index contributed by atoms with van der Waals surface area (Å²) in [5.74, 6) is -0.279. The standard InChI is InChI=1S/C18H16ClN3O2/c1-11-3-6-15(12(2)7-11)21-17(23)9-22-10-20-16-8-13(19)4-5-14(16)18(22)24/h3-8,10H,9H2,1-2H3,(H,21,23). The molecule has 0 bridgehead atoms. The smallest absolute Gasteiger partial charge is 0.261 e. The topological polar surface area (TPSA) is 64.0 Å². The number of anilines is 1. The molecule has 122 valence electrons. The molecule has 0 saturated carbocycles. The summed E-state index contributed by atoms with van der Waals surface area (Å²) in [7, 11) is 0. The zero-order valence-electron chi connectivity index (χ0n) is 13.3. The number of hydrogen-bond acceptors (Lipinski definition) is 3. The molecule has 6 heteroatoms. The Morgan fingerprint density at radius 1 is 1.21 bits per heavy atom. The van der Waals surface area contributed by atoms with Gasteiger partial charge in [-0.3, -0.25) is 14.2 Å². The molecule has 3 aromatic rings. The van der Waals surface area contributed by atoms with Gasteiger partial charge in [0, 0.05) is 10.7 Å². The summed E-state index contributed by atoms with van der Waals surface area (Å²) in [4.78, 5) is 28.9. The van der Waals surface area contributed by atoms with Gasteiger partial charge in [-0.15, -0.1) is 0 Å². The van der Waals surface area contributed by atoms with Crippen LogP contribution in [-0.2, 0) is 11.3 Å². The lowest BCUT2D eigenvalue weighted by atomic mass is 10.1. The second-order valence-corrected chi connectivity index (χ2v) is 6.14. The molecule has 24 heavy (non-hydrogen) atoms. The van der Waals surface area contributed by atoms with Crippen molar-refractivity contribution in [1.82, 2.24) is 9.55 Å². The predicted octanol–water partition coefficient (Wildman–Crippen LogP) is 3.31. The molecular formula is C18H16ClN3O2. The molecule has 0 unspecified atom stereocenters. The summed E-state index contributed by atoms with van der Waals surface area (Å²) in [5, 5.41) is 3.77. The second kappa shape index (κ2) is 6.45. The lowest BCUT2D eigenvalue weighted by molar-refractivity contribution is -0.116. The number of aryl methyl sites for hydroxylation is 2. The Balaban J connectivity index is 1.84. The van der Waals surface area contributed by atoms with Gasteiger partial charge in [-0.1, -0.05) is 29.3 Å². The van der Waals surface area contributed by atoms with Crippen LogP contribution in [-0.4, -0.2) is 15.5 Å². The van der Waals surface area contributed by atoms with Crippen LogP contribution < -0.4 is 10.9 Å². The van der Waals surface area contributed by atoms with Crippen LogP contribution in [0.15, 0.2) is 47.5 Å². The average molecular weight is 342 g/mol. The molecule has 5 nitrogen and oxygen atoms in total. The van der Waals surface area contributed by atoms with Crippen molar-refractivity contribution < 1.29 is 4.79 Å². The molecule has 0 aliphatic heterocycles. The van der Waals surface area contributed by atoms with Gasteiger partial charge < -0.3 is 5.32 Å². The monoisotopic (exact) mass is 341 g/mol. The van der Waals surface area contributed by atoms with Gasteiger partial charge in [0.05, 0.1) is 17.2 Å². The van der Waals surface area contributed by atoms with Crippen molar-refractivity contribution in [1.29, 1.82) is 0 Å². The Bertz CT molecular complexity index is 995. The number of fused-ring (bicyclic) bond motifs is 1. The minimum Gasteiger partial charge on any atom is -0.324 e. The van der Waals surface area contributed by atoms with E-state index in [9.17, 15) is 9.59 Å². The largest absolute Gasteiger partial charge is 0.324 e. The number of nitrogens with one attached hydrogen (secondary N) is 1. The average Bonchev–Trinajstić information content (AvgIpc) is 2.53. The molecule has 1 heterocycles. The summed E-state index contributed by atoms with van der Waals surface area (Å²) >= 11 is 5.90. The van der Waals surface area contributed by atoms with E-state index < -0.39 is 0 Å². The molecule has 3 rings (SSSR count). The predicted molar refractivity (Wildman–Crippen MR) is 95.6 cm³/mol. The van der Waals surface area contributed by atoms with Crippen LogP contribution in [0, 0.1) is 13.8 Å². The lowest BCUT2D eigenvalue weighted by Crippen LogP contribution is -2.28. The molecule has 1 aromatic heterocycles. The van der Waals surface area contributed by atoms with Crippen molar-refractivity contribution >= 4 is 34.1 Å². The Kier molecular flexibility index (Phi) is 4.36. The molecule has 0 fully saturated rings.